The summed E-state index contributed by atoms with van der Waals surface area (Å²) in [5, 5.41) is 17.9. The van der Waals surface area contributed by atoms with E-state index in [0.717, 1.165) is 5.52 Å². The Morgan fingerprint density at radius 3 is 2.77 bits per heavy atom. The maximum absolute atomic E-state index is 14.5. The number of aromatic nitrogens is 3. The number of carbonyl (C=O) groups is 3. The Morgan fingerprint density at radius 2 is 2.05 bits per heavy atom. The van der Waals surface area contributed by atoms with E-state index in [0.29, 0.717) is 37.6 Å². The summed E-state index contributed by atoms with van der Waals surface area (Å²) in [6.07, 6.45) is 5.65. The van der Waals surface area contributed by atoms with Crippen LogP contribution in [-0.2, 0) is 30.5 Å². The van der Waals surface area contributed by atoms with Gasteiger partial charge in [-0.3, -0.25) is 14.4 Å². The highest BCUT2D eigenvalue weighted by molar-refractivity contribution is 5.98. The van der Waals surface area contributed by atoms with Crippen molar-refractivity contribution in [1.82, 2.24) is 24.8 Å². The van der Waals surface area contributed by atoms with Gasteiger partial charge in [0, 0.05) is 19.7 Å². The van der Waals surface area contributed by atoms with Crippen LogP contribution in [0.5, 0.6) is 0 Å². The summed E-state index contributed by atoms with van der Waals surface area (Å²) >= 11 is 0. The number of amides is 2. The van der Waals surface area contributed by atoms with Gasteiger partial charge >= 0.3 is 5.97 Å². The normalized spacial score (nSPS) is 28.6. The first-order valence-corrected chi connectivity index (χ1v) is 13.9. The first kappa shape index (κ1) is 28.0. The molecule has 2 unspecified atom stereocenters. The molecule has 1 aromatic carbocycles. The maximum atomic E-state index is 14.5. The fourth-order valence-corrected chi connectivity index (χ4v) is 6.95. The Kier molecular flexibility index (Phi) is 7.78. The van der Waals surface area contributed by atoms with Gasteiger partial charge in [0.05, 0.1) is 17.0 Å². The third kappa shape index (κ3) is 4.32. The van der Waals surface area contributed by atoms with E-state index in [2.05, 4.69) is 23.5 Å². The van der Waals surface area contributed by atoms with Crippen molar-refractivity contribution in [1.29, 1.82) is 0 Å². The van der Waals surface area contributed by atoms with Crippen molar-refractivity contribution >= 4 is 28.8 Å². The van der Waals surface area contributed by atoms with Crippen molar-refractivity contribution in [2.24, 2.45) is 11.8 Å². The average Bonchev–Trinajstić information content (AvgIpc) is 3.69. The van der Waals surface area contributed by atoms with Crippen LogP contribution < -0.4 is 0 Å². The summed E-state index contributed by atoms with van der Waals surface area (Å²) in [6.45, 7) is 10.0. The largest absolute Gasteiger partial charge is 0.461 e. The first-order valence-electron chi connectivity index (χ1n) is 13.9. The summed E-state index contributed by atoms with van der Waals surface area (Å²) in [6, 6.07) is 6.54. The van der Waals surface area contributed by atoms with E-state index < -0.39 is 35.0 Å². The Morgan fingerprint density at radius 1 is 1.25 bits per heavy atom. The number of benzene rings is 1. The molecule has 2 amide bonds. The van der Waals surface area contributed by atoms with Gasteiger partial charge in [-0.25, -0.2) is 4.68 Å². The quantitative estimate of drug-likeness (QED) is 0.228. The van der Waals surface area contributed by atoms with Crippen molar-refractivity contribution in [3.8, 4) is 0 Å². The van der Waals surface area contributed by atoms with Crippen LogP contribution in [0.25, 0.3) is 11.0 Å². The minimum Gasteiger partial charge on any atom is -0.461 e. The van der Waals surface area contributed by atoms with E-state index in [1.165, 1.54) is 6.08 Å². The van der Waals surface area contributed by atoms with Gasteiger partial charge in [0.25, 0.3) is 0 Å². The molecule has 1 N–H and O–H groups in total. The lowest BCUT2D eigenvalue weighted by Crippen LogP contribution is -2.56. The number of fused-ring (bicyclic) bond motifs is 2. The van der Waals surface area contributed by atoms with Gasteiger partial charge < -0.3 is 24.4 Å². The number of hydrogen-bond acceptors (Lipinski definition) is 8. The van der Waals surface area contributed by atoms with Crippen LogP contribution in [0.4, 0.5) is 0 Å². The Balaban J connectivity index is 1.53. The average molecular weight is 552 g/mol. The van der Waals surface area contributed by atoms with Crippen LogP contribution in [0.2, 0.25) is 0 Å². The molecule has 5 atom stereocenters. The molecule has 3 fully saturated rings. The minimum absolute atomic E-state index is 0.0247. The van der Waals surface area contributed by atoms with E-state index >= 15 is 0 Å². The van der Waals surface area contributed by atoms with E-state index in [4.69, 9.17) is 9.47 Å². The molecule has 3 aliphatic heterocycles. The van der Waals surface area contributed by atoms with Gasteiger partial charge in [0.2, 0.25) is 11.8 Å². The van der Waals surface area contributed by atoms with Gasteiger partial charge in [-0.2, -0.15) is 0 Å². The van der Waals surface area contributed by atoms with Gasteiger partial charge in [-0.15, -0.1) is 11.7 Å². The molecule has 11 heteroatoms. The minimum atomic E-state index is -1.16. The summed E-state index contributed by atoms with van der Waals surface area (Å²) in [7, 11) is 0. The molecule has 4 heterocycles. The second kappa shape index (κ2) is 11.1. The first-order chi connectivity index (χ1) is 19.4. The number of nitrogens with zero attached hydrogens (tertiary/aromatic N) is 5. The number of rotatable bonds is 13. The van der Waals surface area contributed by atoms with Gasteiger partial charge in [0.15, 0.2) is 0 Å². The second-order valence-corrected chi connectivity index (χ2v) is 10.8. The highest BCUT2D eigenvalue weighted by atomic mass is 16.6. The lowest BCUT2D eigenvalue weighted by molar-refractivity contribution is -0.161. The Hall–Kier alpha value is -3.57. The summed E-state index contributed by atoms with van der Waals surface area (Å²) in [4.78, 5) is 45.2. The zero-order valence-corrected chi connectivity index (χ0v) is 22.9. The van der Waals surface area contributed by atoms with E-state index in [1.54, 1.807) is 20.6 Å². The monoisotopic (exact) mass is 551 g/mol. The SMILES string of the molecule is C=CCOC(=O)[C@@H]1[C@H]2C(=O)N(CCCCO)C(C(=O)N(CC=C)Cn3nnc4ccccc43)C23CC[C@@]1(CC)O3. The zero-order valence-electron chi connectivity index (χ0n) is 22.9. The fourth-order valence-electron chi connectivity index (χ4n) is 6.95. The lowest BCUT2D eigenvalue weighted by atomic mass is 9.65. The summed E-state index contributed by atoms with van der Waals surface area (Å²) in [5.74, 6) is -2.73. The Bertz CT molecular complexity index is 1310. The molecule has 3 saturated heterocycles. The predicted molar refractivity (Wildman–Crippen MR) is 145 cm³/mol. The number of para-hydroxylation sites is 1. The molecule has 0 saturated carbocycles. The molecular weight excluding hydrogens is 514 g/mol. The van der Waals surface area contributed by atoms with Crippen LogP contribution in [0.15, 0.2) is 49.6 Å². The second-order valence-electron chi connectivity index (χ2n) is 10.8. The maximum Gasteiger partial charge on any atom is 0.313 e. The number of carbonyl (C=O) groups excluding carboxylic acids is 3. The number of esters is 1. The number of likely N-dealkylation sites (tertiary alicyclic amines) is 1. The van der Waals surface area contributed by atoms with Crippen LogP contribution in [0.1, 0.15) is 39.0 Å². The third-order valence-electron chi connectivity index (χ3n) is 8.71. The number of aliphatic hydroxyl groups is 1. The van der Waals surface area contributed by atoms with E-state index in [1.807, 2.05) is 31.2 Å². The highest BCUT2D eigenvalue weighted by Gasteiger charge is 2.79. The standard InChI is InChI=1S/C29H37N5O6/c1-4-15-32(19-34-21-12-8-7-11-20(21)30-31-34)26(37)24-29-14-13-28(6-3,40-29)23(27(38)39-18-5-2)22(29)25(36)33(24)16-9-10-17-35/h4-5,7-8,11-12,22-24,35H,1-2,6,9-10,13-19H2,3H3/t22-,23-,24?,28+,29?/m0/s1. The smallest absolute Gasteiger partial charge is 0.313 e. The molecule has 5 rings (SSSR count). The molecule has 0 radical (unpaired) electrons. The fraction of sp³-hybridized carbons (Fsp3) is 0.552. The van der Waals surface area contributed by atoms with Crippen LogP contribution in [0, 0.1) is 11.8 Å². The number of ether oxygens (including phenoxy) is 2. The molecular formula is C29H37N5O6. The molecule has 2 aromatic rings. The van der Waals surface area contributed by atoms with Gasteiger partial charge in [0.1, 0.15) is 36.4 Å². The number of unbranched alkanes of at least 4 members (excludes halogenated alkanes) is 1. The molecule has 3 aliphatic rings. The molecule has 0 aliphatic carbocycles. The van der Waals surface area contributed by atoms with Crippen LogP contribution in [-0.4, -0.2) is 91.2 Å². The van der Waals surface area contributed by atoms with Crippen molar-refractivity contribution < 1.29 is 29.0 Å². The van der Waals surface area contributed by atoms with E-state index in [9.17, 15) is 19.5 Å². The molecule has 11 nitrogen and oxygen atoms in total. The summed E-state index contributed by atoms with van der Waals surface area (Å²) in [5.41, 5.74) is -0.557. The highest BCUT2D eigenvalue weighted by Crippen LogP contribution is 2.64. The zero-order chi connectivity index (χ0) is 28.5. The Labute approximate surface area is 233 Å². The van der Waals surface area contributed by atoms with Crippen molar-refractivity contribution in [3.05, 3.63) is 49.6 Å². The van der Waals surface area contributed by atoms with Crippen molar-refractivity contribution in [3.63, 3.8) is 0 Å². The molecule has 40 heavy (non-hydrogen) atoms. The molecule has 1 spiro atoms. The molecule has 2 bridgehead atoms. The topological polar surface area (TPSA) is 127 Å². The summed E-state index contributed by atoms with van der Waals surface area (Å²) < 4.78 is 13.9. The molecule has 1 aromatic heterocycles. The molecule has 214 valence electrons. The third-order valence-corrected chi connectivity index (χ3v) is 8.71. The predicted octanol–water partition coefficient (Wildman–Crippen LogP) is 2.06. The van der Waals surface area contributed by atoms with Gasteiger partial charge in [-0.1, -0.05) is 43.0 Å². The van der Waals surface area contributed by atoms with E-state index in [-0.39, 0.29) is 44.8 Å². The van der Waals surface area contributed by atoms with Crippen LogP contribution >= 0.6 is 0 Å². The van der Waals surface area contributed by atoms with Crippen LogP contribution in [0.3, 0.4) is 0 Å². The van der Waals surface area contributed by atoms with Crippen molar-refractivity contribution in [2.45, 2.75) is 62.9 Å². The van der Waals surface area contributed by atoms with Gasteiger partial charge in [-0.05, 0) is 44.2 Å². The van der Waals surface area contributed by atoms with Crippen molar-refractivity contribution in [2.75, 3.05) is 26.3 Å². The number of aliphatic hydroxyl groups excluding tert-OH is 1. The lowest BCUT2D eigenvalue weighted by Gasteiger charge is -2.36. The number of hydrogen-bond donors (Lipinski definition) is 1.